The van der Waals surface area contributed by atoms with Gasteiger partial charge in [-0.1, -0.05) is 46.6 Å². The Morgan fingerprint density at radius 1 is 1.57 bits per heavy atom. The Hall–Kier alpha value is -1.01. The molecule has 23 heavy (non-hydrogen) atoms. The predicted molar refractivity (Wildman–Crippen MR) is 81.3 cm³/mol. The van der Waals surface area contributed by atoms with E-state index >= 15 is 0 Å². The number of carbonyl (C=O) groups excluding carboxylic acids is 1. The van der Waals surface area contributed by atoms with E-state index in [4.69, 9.17) is 39.6 Å². The van der Waals surface area contributed by atoms with Crippen molar-refractivity contribution in [1.29, 1.82) is 0 Å². The molecule has 0 spiro atoms. The van der Waals surface area contributed by atoms with Gasteiger partial charge in [-0.05, 0) is 10.4 Å². The summed E-state index contributed by atoms with van der Waals surface area (Å²) in [6.45, 7) is -0.513. The lowest BCUT2D eigenvalue weighted by Crippen LogP contribution is -2.70. The van der Waals surface area contributed by atoms with Crippen LogP contribution in [0.15, 0.2) is 5.16 Å². The zero-order chi connectivity index (χ0) is 17.2. The first-order chi connectivity index (χ1) is 10.7. The van der Waals surface area contributed by atoms with Crippen molar-refractivity contribution < 1.29 is 19.5 Å². The van der Waals surface area contributed by atoms with Gasteiger partial charge in [0.2, 0.25) is 14.9 Å². The molecule has 1 aromatic rings. The molecule has 1 fully saturated rings. The standard InChI is InChI=1S/C9H11Cl3N6O4S/c1-17-7(14-15-16-17)23-2-4-5(6(19)13-4)18(8(20)21)22-3-9(10,11)12/h4-5H,2-3H2,1H3,(H,13,19)(H,20,21)/t4-,5+/m0/s1. The Morgan fingerprint density at radius 2 is 2.26 bits per heavy atom. The number of nitrogens with zero attached hydrogens (tertiary/aromatic N) is 5. The second-order valence-electron chi connectivity index (χ2n) is 4.45. The highest BCUT2D eigenvalue weighted by Crippen LogP contribution is 2.28. The van der Waals surface area contributed by atoms with Crippen molar-refractivity contribution in [3.63, 3.8) is 0 Å². The summed E-state index contributed by atoms with van der Waals surface area (Å²) in [5, 5.41) is 23.7. The Kier molecular flexibility index (Phi) is 5.79. The second kappa shape index (κ2) is 7.26. The molecule has 1 aliphatic rings. The van der Waals surface area contributed by atoms with Crippen LogP contribution in [-0.2, 0) is 16.7 Å². The smallest absolute Gasteiger partial charge is 0.432 e. The van der Waals surface area contributed by atoms with Crippen LogP contribution in [0.4, 0.5) is 4.79 Å². The summed E-state index contributed by atoms with van der Waals surface area (Å²) in [5.41, 5.74) is 0. The highest BCUT2D eigenvalue weighted by atomic mass is 35.6. The highest BCUT2D eigenvalue weighted by Gasteiger charge is 2.47. The molecule has 14 heteroatoms. The lowest BCUT2D eigenvalue weighted by atomic mass is 10.0. The predicted octanol–water partition coefficient (Wildman–Crippen LogP) is 0.451. The number of aromatic nitrogens is 4. The van der Waals surface area contributed by atoms with Crippen LogP contribution in [0.3, 0.4) is 0 Å². The molecule has 1 saturated heterocycles. The largest absolute Gasteiger partial charge is 0.463 e. The molecular formula is C9H11Cl3N6O4S. The molecule has 0 bridgehead atoms. The van der Waals surface area contributed by atoms with Crippen LogP contribution < -0.4 is 5.32 Å². The SMILES string of the molecule is Cn1nnnc1SC[C@@H]1NC(=O)[C@@H]1N(OCC(Cl)(Cl)Cl)C(=O)O. The van der Waals surface area contributed by atoms with E-state index in [1.54, 1.807) is 7.05 Å². The Labute approximate surface area is 149 Å². The number of carbonyl (C=O) groups is 2. The molecule has 0 aliphatic carbocycles. The van der Waals surface area contributed by atoms with Gasteiger partial charge >= 0.3 is 6.09 Å². The quantitative estimate of drug-likeness (QED) is 0.303. The molecule has 2 rings (SSSR count). The first-order valence-corrected chi connectivity index (χ1v) is 8.18. The van der Waals surface area contributed by atoms with E-state index in [1.165, 1.54) is 16.4 Å². The number of carboxylic acid groups (broad SMARTS) is 1. The monoisotopic (exact) mass is 404 g/mol. The lowest BCUT2D eigenvalue weighted by molar-refractivity contribution is -0.185. The van der Waals surface area contributed by atoms with Crippen LogP contribution in [0.1, 0.15) is 0 Å². The van der Waals surface area contributed by atoms with Crippen LogP contribution in [0.25, 0.3) is 0 Å². The summed E-state index contributed by atoms with van der Waals surface area (Å²) in [5.74, 6) is -0.163. The molecule has 10 nitrogen and oxygen atoms in total. The minimum absolute atomic E-state index is 0.339. The molecule has 2 heterocycles. The van der Waals surface area contributed by atoms with Gasteiger partial charge in [-0.25, -0.2) is 9.48 Å². The lowest BCUT2D eigenvalue weighted by Gasteiger charge is -2.41. The summed E-state index contributed by atoms with van der Waals surface area (Å²) in [6, 6.07) is -1.54. The number of hydroxylamine groups is 2. The van der Waals surface area contributed by atoms with E-state index in [-0.39, 0.29) is 0 Å². The third kappa shape index (κ3) is 4.73. The van der Waals surface area contributed by atoms with Crippen molar-refractivity contribution in [2.24, 2.45) is 7.05 Å². The minimum Gasteiger partial charge on any atom is -0.463 e. The first-order valence-electron chi connectivity index (χ1n) is 6.06. The van der Waals surface area contributed by atoms with Crippen LogP contribution >= 0.6 is 46.6 Å². The number of halogens is 3. The van der Waals surface area contributed by atoms with Crippen LogP contribution in [0.2, 0.25) is 0 Å². The highest BCUT2D eigenvalue weighted by molar-refractivity contribution is 7.99. The molecule has 2 amide bonds. The topological polar surface area (TPSA) is 122 Å². The zero-order valence-electron chi connectivity index (χ0n) is 11.5. The van der Waals surface area contributed by atoms with Crippen molar-refractivity contribution in [3.8, 4) is 0 Å². The first kappa shape index (κ1) is 18.3. The molecule has 1 aromatic heterocycles. The molecular weight excluding hydrogens is 395 g/mol. The van der Waals surface area contributed by atoms with Gasteiger partial charge in [0, 0.05) is 12.8 Å². The van der Waals surface area contributed by atoms with Gasteiger partial charge in [0.1, 0.15) is 6.61 Å². The maximum Gasteiger partial charge on any atom is 0.432 e. The maximum absolute atomic E-state index is 11.7. The number of nitrogens with one attached hydrogen (secondary N) is 1. The summed E-state index contributed by atoms with van der Waals surface area (Å²) in [6.07, 6.45) is -1.46. The number of thioether (sulfide) groups is 1. The average molecular weight is 406 g/mol. The van der Waals surface area contributed by atoms with E-state index in [9.17, 15) is 14.7 Å². The molecule has 0 aromatic carbocycles. The van der Waals surface area contributed by atoms with Gasteiger partial charge in [0.25, 0.3) is 0 Å². The van der Waals surface area contributed by atoms with Gasteiger partial charge in [-0.3, -0.25) is 9.63 Å². The summed E-state index contributed by atoms with van der Waals surface area (Å²) < 4.78 is -0.350. The number of alkyl halides is 3. The fourth-order valence-corrected chi connectivity index (χ4v) is 2.80. The van der Waals surface area contributed by atoms with Gasteiger partial charge in [0.05, 0.1) is 6.04 Å². The normalized spacial score (nSPS) is 20.8. The minimum atomic E-state index is -1.80. The molecule has 2 N–H and O–H groups in total. The van der Waals surface area contributed by atoms with Crippen molar-refractivity contribution in [2.75, 3.05) is 12.4 Å². The number of tetrazole rings is 1. The fraction of sp³-hybridized carbons (Fsp3) is 0.667. The van der Waals surface area contributed by atoms with E-state index in [0.717, 1.165) is 0 Å². The number of aryl methyl sites for hydroxylation is 1. The molecule has 128 valence electrons. The maximum atomic E-state index is 11.7. The average Bonchev–Trinajstić information content (AvgIpc) is 2.83. The van der Waals surface area contributed by atoms with Crippen molar-refractivity contribution >= 4 is 58.6 Å². The van der Waals surface area contributed by atoms with E-state index in [0.29, 0.717) is 16.0 Å². The van der Waals surface area contributed by atoms with Crippen molar-refractivity contribution in [1.82, 2.24) is 30.6 Å². The summed E-state index contributed by atoms with van der Waals surface area (Å²) >= 11 is 17.8. The van der Waals surface area contributed by atoms with Crippen molar-refractivity contribution in [2.45, 2.75) is 21.0 Å². The number of hydrogen-bond donors (Lipinski definition) is 2. The van der Waals surface area contributed by atoms with E-state index < -0.39 is 34.5 Å². The van der Waals surface area contributed by atoms with Crippen LogP contribution in [-0.4, -0.2) is 70.6 Å². The van der Waals surface area contributed by atoms with Gasteiger partial charge in [-0.2, -0.15) is 5.06 Å². The second-order valence-corrected chi connectivity index (χ2v) is 7.96. The number of amides is 2. The molecule has 0 saturated carbocycles. The fourth-order valence-electron chi connectivity index (χ4n) is 1.74. The van der Waals surface area contributed by atoms with Gasteiger partial charge in [-0.15, -0.1) is 5.10 Å². The Morgan fingerprint density at radius 3 is 2.74 bits per heavy atom. The number of β-lactam (4-membered cyclic amide) rings is 1. The van der Waals surface area contributed by atoms with Crippen LogP contribution in [0.5, 0.6) is 0 Å². The molecule has 0 unspecified atom stereocenters. The Bertz CT molecular complexity index is 596. The number of hydrogen-bond acceptors (Lipinski definition) is 7. The van der Waals surface area contributed by atoms with Crippen LogP contribution in [0, 0.1) is 0 Å². The summed E-state index contributed by atoms with van der Waals surface area (Å²) in [4.78, 5) is 27.9. The third-order valence-corrected chi connectivity index (χ3v) is 4.22. The zero-order valence-corrected chi connectivity index (χ0v) is 14.6. The van der Waals surface area contributed by atoms with Gasteiger partial charge < -0.3 is 10.4 Å². The molecule has 0 radical (unpaired) electrons. The summed E-state index contributed by atoms with van der Waals surface area (Å²) in [7, 11) is 1.66. The van der Waals surface area contributed by atoms with E-state index in [2.05, 4.69) is 20.8 Å². The third-order valence-electron chi connectivity index (χ3n) is 2.76. The van der Waals surface area contributed by atoms with Gasteiger partial charge in [0.15, 0.2) is 6.04 Å². The Balaban J connectivity index is 1.98. The number of rotatable bonds is 6. The molecule has 1 aliphatic heterocycles. The molecule has 2 atom stereocenters. The van der Waals surface area contributed by atoms with Crippen molar-refractivity contribution in [3.05, 3.63) is 0 Å². The van der Waals surface area contributed by atoms with E-state index in [1.807, 2.05) is 0 Å².